The third kappa shape index (κ3) is 6.29. The third-order valence-electron chi connectivity index (χ3n) is 7.02. The second kappa shape index (κ2) is 12.0. The van der Waals surface area contributed by atoms with Crippen LogP contribution in [0.25, 0.3) is 10.9 Å². The van der Waals surface area contributed by atoms with E-state index in [4.69, 9.17) is 4.74 Å². The maximum absolute atomic E-state index is 15.4. The topological polar surface area (TPSA) is 45.6 Å². The standard InChI is InChI=1S/C28H35FN2O2S/c1-20-3-7-24(8-4-20)34-16-15-31-14-12-21(22(18-31)19-32)5-9-27(29)25-11-13-30-28-10-6-23(33-2)17-26(25)28/h3-4,6-8,10-11,13,17,21-22,27,32H,5,9,12,14-16,18-19H2,1-2H3/t21-,22-,27?/m1/s1. The number of aliphatic hydroxyl groups is 1. The molecule has 4 nitrogen and oxygen atoms in total. The van der Waals surface area contributed by atoms with Crippen LogP contribution in [0.3, 0.4) is 0 Å². The summed E-state index contributed by atoms with van der Waals surface area (Å²) in [6, 6.07) is 16.0. The average molecular weight is 483 g/mol. The highest BCUT2D eigenvalue weighted by Gasteiger charge is 2.29. The summed E-state index contributed by atoms with van der Waals surface area (Å²) in [5, 5.41) is 10.9. The van der Waals surface area contributed by atoms with Crippen LogP contribution in [0.5, 0.6) is 5.75 Å². The van der Waals surface area contributed by atoms with Gasteiger partial charge in [0.05, 0.1) is 12.6 Å². The summed E-state index contributed by atoms with van der Waals surface area (Å²) in [5.74, 6) is 2.31. The molecular weight excluding hydrogens is 447 g/mol. The van der Waals surface area contributed by atoms with E-state index in [9.17, 15) is 5.11 Å². The number of aromatic nitrogens is 1. The van der Waals surface area contributed by atoms with Crippen molar-refractivity contribution in [1.82, 2.24) is 9.88 Å². The number of alkyl halides is 1. The summed E-state index contributed by atoms with van der Waals surface area (Å²) in [6.07, 6.45) is 2.88. The first kappa shape index (κ1) is 25.0. The van der Waals surface area contributed by atoms with Gasteiger partial charge in [0.25, 0.3) is 0 Å². The lowest BCUT2D eigenvalue weighted by Crippen LogP contribution is -2.43. The minimum absolute atomic E-state index is 0.165. The molecule has 0 bridgehead atoms. The number of nitrogens with zero attached hydrogens (tertiary/aromatic N) is 2. The number of rotatable bonds is 10. The van der Waals surface area contributed by atoms with Gasteiger partial charge in [0.1, 0.15) is 11.9 Å². The number of methoxy groups -OCH3 is 1. The van der Waals surface area contributed by atoms with Crippen molar-refractivity contribution >= 4 is 22.7 Å². The molecule has 0 radical (unpaired) electrons. The van der Waals surface area contributed by atoms with E-state index >= 15 is 4.39 Å². The molecule has 1 aromatic heterocycles. The van der Waals surface area contributed by atoms with Crippen LogP contribution in [-0.2, 0) is 0 Å². The first-order valence-corrected chi connectivity index (χ1v) is 13.2. The number of fused-ring (bicyclic) bond motifs is 1. The molecule has 2 aromatic carbocycles. The molecule has 0 saturated carbocycles. The van der Waals surface area contributed by atoms with Gasteiger partial charge >= 0.3 is 0 Å². The lowest BCUT2D eigenvalue weighted by molar-refractivity contribution is 0.0672. The van der Waals surface area contributed by atoms with E-state index in [0.29, 0.717) is 23.7 Å². The average Bonchev–Trinajstić information content (AvgIpc) is 2.88. The zero-order valence-electron chi connectivity index (χ0n) is 20.1. The number of hydrogen-bond acceptors (Lipinski definition) is 5. The molecule has 1 aliphatic heterocycles. The first-order chi connectivity index (χ1) is 16.6. The number of thioether (sulfide) groups is 1. The summed E-state index contributed by atoms with van der Waals surface area (Å²) in [7, 11) is 1.62. The molecule has 2 heterocycles. The quantitative estimate of drug-likeness (QED) is 0.356. The van der Waals surface area contributed by atoms with Crippen molar-refractivity contribution in [3.05, 3.63) is 65.9 Å². The lowest BCUT2D eigenvalue weighted by atomic mass is 9.81. The number of pyridine rings is 1. The SMILES string of the molecule is COc1ccc2nccc(C(F)CC[C@@H]3CCN(CCSc4ccc(C)cc4)C[C@@H]3CO)c2c1. The van der Waals surface area contributed by atoms with E-state index in [1.54, 1.807) is 19.4 Å². The highest BCUT2D eigenvalue weighted by atomic mass is 32.2. The normalized spacial score (nSPS) is 19.9. The summed E-state index contributed by atoms with van der Waals surface area (Å²) < 4.78 is 20.7. The maximum Gasteiger partial charge on any atom is 0.126 e. The predicted molar refractivity (Wildman–Crippen MR) is 138 cm³/mol. The molecule has 0 spiro atoms. The minimum Gasteiger partial charge on any atom is -0.497 e. The molecule has 6 heteroatoms. The van der Waals surface area contributed by atoms with Gasteiger partial charge in [-0.25, -0.2) is 4.39 Å². The van der Waals surface area contributed by atoms with Crippen LogP contribution in [0, 0.1) is 18.8 Å². The summed E-state index contributed by atoms with van der Waals surface area (Å²) in [5.41, 5.74) is 2.74. The fourth-order valence-corrected chi connectivity index (χ4v) is 5.85. The molecule has 182 valence electrons. The van der Waals surface area contributed by atoms with E-state index in [0.717, 1.165) is 49.1 Å². The Morgan fingerprint density at radius 2 is 2.00 bits per heavy atom. The van der Waals surface area contributed by atoms with Gasteiger partial charge in [0.15, 0.2) is 0 Å². The fraction of sp³-hybridized carbons (Fsp3) is 0.464. The molecule has 1 unspecified atom stereocenters. The molecule has 3 atom stereocenters. The Kier molecular flexibility index (Phi) is 8.81. The third-order valence-corrected chi connectivity index (χ3v) is 8.01. The van der Waals surface area contributed by atoms with Gasteiger partial charge in [-0.1, -0.05) is 17.7 Å². The van der Waals surface area contributed by atoms with Gasteiger partial charge < -0.3 is 14.7 Å². The van der Waals surface area contributed by atoms with Gasteiger partial charge in [0, 0.05) is 41.9 Å². The lowest BCUT2D eigenvalue weighted by Gasteiger charge is -2.38. The number of hydrogen-bond donors (Lipinski definition) is 1. The number of benzene rings is 2. The van der Waals surface area contributed by atoms with E-state index in [2.05, 4.69) is 41.1 Å². The van der Waals surface area contributed by atoms with Crippen molar-refractivity contribution in [3.63, 3.8) is 0 Å². The molecule has 1 aliphatic rings. The second-order valence-corrected chi connectivity index (χ2v) is 10.5. The monoisotopic (exact) mass is 482 g/mol. The van der Waals surface area contributed by atoms with Gasteiger partial charge in [-0.05, 0) is 86.5 Å². The highest BCUT2D eigenvalue weighted by molar-refractivity contribution is 7.99. The Balaban J connectivity index is 1.29. The van der Waals surface area contributed by atoms with E-state index < -0.39 is 6.17 Å². The Morgan fingerprint density at radius 3 is 2.76 bits per heavy atom. The summed E-state index contributed by atoms with van der Waals surface area (Å²) in [6.45, 7) is 5.19. The molecule has 0 amide bonds. The number of ether oxygens (including phenoxy) is 1. The number of likely N-dealkylation sites (tertiary alicyclic amines) is 1. The molecule has 1 saturated heterocycles. The van der Waals surface area contributed by atoms with Crippen molar-refractivity contribution in [2.75, 3.05) is 39.1 Å². The smallest absolute Gasteiger partial charge is 0.126 e. The second-order valence-electron chi connectivity index (χ2n) is 9.28. The predicted octanol–water partition coefficient (Wildman–Crippen LogP) is 6.07. The van der Waals surface area contributed by atoms with Crippen molar-refractivity contribution in [1.29, 1.82) is 0 Å². The number of aliphatic hydroxyl groups excluding tert-OH is 1. The molecule has 34 heavy (non-hydrogen) atoms. The van der Waals surface area contributed by atoms with Gasteiger partial charge in [-0.2, -0.15) is 0 Å². The molecule has 3 aromatic rings. The Bertz CT molecular complexity index is 1060. The highest BCUT2D eigenvalue weighted by Crippen LogP contribution is 2.35. The summed E-state index contributed by atoms with van der Waals surface area (Å²) in [4.78, 5) is 8.12. The zero-order chi connectivity index (χ0) is 23.9. The Labute approximate surface area is 206 Å². The van der Waals surface area contributed by atoms with Crippen molar-refractivity contribution in [2.45, 2.75) is 37.3 Å². The number of piperidine rings is 1. The van der Waals surface area contributed by atoms with Crippen molar-refractivity contribution in [3.8, 4) is 5.75 Å². The van der Waals surface area contributed by atoms with Gasteiger partial charge in [0.2, 0.25) is 0 Å². The van der Waals surface area contributed by atoms with E-state index in [-0.39, 0.29) is 12.5 Å². The van der Waals surface area contributed by atoms with Gasteiger partial charge in [-0.15, -0.1) is 11.8 Å². The zero-order valence-corrected chi connectivity index (χ0v) is 20.9. The van der Waals surface area contributed by atoms with E-state index in [1.807, 2.05) is 30.0 Å². The number of halogens is 1. The van der Waals surface area contributed by atoms with Crippen LogP contribution in [0.15, 0.2) is 59.6 Å². The minimum atomic E-state index is -1.05. The van der Waals surface area contributed by atoms with Crippen LogP contribution in [0.2, 0.25) is 0 Å². The van der Waals surface area contributed by atoms with Crippen molar-refractivity contribution < 1.29 is 14.2 Å². The Morgan fingerprint density at radius 1 is 1.18 bits per heavy atom. The van der Waals surface area contributed by atoms with Crippen LogP contribution in [0.1, 0.15) is 36.6 Å². The van der Waals surface area contributed by atoms with Crippen LogP contribution in [0.4, 0.5) is 4.39 Å². The van der Waals surface area contributed by atoms with E-state index in [1.165, 1.54) is 10.5 Å². The number of aryl methyl sites for hydroxylation is 1. The fourth-order valence-electron chi connectivity index (χ4n) is 4.94. The largest absolute Gasteiger partial charge is 0.497 e. The molecular formula is C28H35FN2O2S. The van der Waals surface area contributed by atoms with Gasteiger partial charge in [-0.3, -0.25) is 4.98 Å². The molecule has 4 rings (SSSR count). The van der Waals surface area contributed by atoms with Crippen LogP contribution >= 0.6 is 11.8 Å². The maximum atomic E-state index is 15.4. The molecule has 1 N–H and O–H groups in total. The molecule has 0 aliphatic carbocycles. The summed E-state index contributed by atoms with van der Waals surface area (Å²) >= 11 is 1.88. The molecule has 1 fully saturated rings. The van der Waals surface area contributed by atoms with Crippen molar-refractivity contribution in [2.24, 2.45) is 11.8 Å². The van der Waals surface area contributed by atoms with Crippen LogP contribution < -0.4 is 4.74 Å². The Hall–Kier alpha value is -2.15. The van der Waals surface area contributed by atoms with Crippen LogP contribution in [-0.4, -0.2) is 54.1 Å². The first-order valence-electron chi connectivity index (χ1n) is 12.2.